The van der Waals surface area contributed by atoms with Crippen molar-refractivity contribution in [1.29, 1.82) is 0 Å². The molecule has 0 bridgehead atoms. The van der Waals surface area contributed by atoms with Gasteiger partial charge in [0.2, 0.25) is 11.9 Å². The van der Waals surface area contributed by atoms with Crippen LogP contribution in [-0.2, 0) is 4.79 Å². The molecule has 1 saturated heterocycles. The summed E-state index contributed by atoms with van der Waals surface area (Å²) in [7, 11) is 0. The van der Waals surface area contributed by atoms with Crippen LogP contribution < -0.4 is 10.2 Å². The third-order valence-electron chi connectivity index (χ3n) is 3.86. The van der Waals surface area contributed by atoms with E-state index in [-0.39, 0.29) is 5.91 Å². The van der Waals surface area contributed by atoms with E-state index in [1.807, 2.05) is 6.07 Å². The van der Waals surface area contributed by atoms with Crippen LogP contribution in [0.4, 0.5) is 5.95 Å². The van der Waals surface area contributed by atoms with Crippen LogP contribution in [0, 0.1) is 5.92 Å². The summed E-state index contributed by atoms with van der Waals surface area (Å²) in [4.78, 5) is 24.7. The molecule has 0 radical (unpaired) electrons. The Morgan fingerprint density at radius 2 is 1.90 bits per heavy atom. The van der Waals surface area contributed by atoms with Gasteiger partial charge in [-0.3, -0.25) is 9.69 Å². The van der Waals surface area contributed by atoms with Crippen molar-refractivity contribution in [3.05, 3.63) is 18.5 Å². The van der Waals surface area contributed by atoms with Gasteiger partial charge in [0.05, 0.1) is 6.54 Å². The van der Waals surface area contributed by atoms with Gasteiger partial charge in [-0.25, -0.2) is 9.97 Å². The van der Waals surface area contributed by atoms with E-state index in [0.29, 0.717) is 6.54 Å². The van der Waals surface area contributed by atoms with Crippen LogP contribution in [0.25, 0.3) is 0 Å². The van der Waals surface area contributed by atoms with Gasteiger partial charge in [-0.2, -0.15) is 0 Å². The molecule has 1 aliphatic carbocycles. The molecule has 20 heavy (non-hydrogen) atoms. The average Bonchev–Trinajstić information content (AvgIpc) is 3.31. The normalized spacial score (nSPS) is 19.9. The molecule has 1 aromatic heterocycles. The average molecular weight is 275 g/mol. The van der Waals surface area contributed by atoms with Crippen molar-refractivity contribution in [2.45, 2.75) is 12.8 Å². The maximum atomic E-state index is 11.8. The van der Waals surface area contributed by atoms with Gasteiger partial charge in [-0.1, -0.05) is 0 Å². The zero-order chi connectivity index (χ0) is 13.8. The first-order valence-electron chi connectivity index (χ1n) is 7.32. The lowest BCUT2D eigenvalue weighted by molar-refractivity contribution is -0.122. The molecule has 1 amide bonds. The Labute approximate surface area is 119 Å². The highest BCUT2D eigenvalue weighted by Gasteiger charge is 2.23. The van der Waals surface area contributed by atoms with Gasteiger partial charge >= 0.3 is 0 Å². The largest absolute Gasteiger partial charge is 0.355 e. The highest BCUT2D eigenvalue weighted by Crippen LogP contribution is 2.27. The number of nitrogens with one attached hydrogen (secondary N) is 1. The molecule has 6 nitrogen and oxygen atoms in total. The molecule has 0 unspecified atom stereocenters. The Bertz CT molecular complexity index is 440. The Morgan fingerprint density at radius 3 is 2.55 bits per heavy atom. The molecule has 2 aliphatic rings. The number of amides is 1. The van der Waals surface area contributed by atoms with E-state index in [1.165, 1.54) is 12.8 Å². The van der Waals surface area contributed by atoms with Crippen LogP contribution in [0.3, 0.4) is 0 Å². The van der Waals surface area contributed by atoms with Crippen LogP contribution in [0.5, 0.6) is 0 Å². The summed E-state index contributed by atoms with van der Waals surface area (Å²) in [5.41, 5.74) is 0. The van der Waals surface area contributed by atoms with Gasteiger partial charge in [-0.05, 0) is 24.8 Å². The summed E-state index contributed by atoms with van der Waals surface area (Å²) in [6, 6.07) is 1.82. The summed E-state index contributed by atoms with van der Waals surface area (Å²) in [5.74, 6) is 1.68. The number of hydrogen-bond donors (Lipinski definition) is 1. The van der Waals surface area contributed by atoms with Gasteiger partial charge in [0.15, 0.2) is 0 Å². The predicted molar refractivity (Wildman–Crippen MR) is 76.4 cm³/mol. The minimum atomic E-state index is 0.154. The van der Waals surface area contributed by atoms with Crippen LogP contribution in [0.1, 0.15) is 12.8 Å². The topological polar surface area (TPSA) is 61.4 Å². The molecular weight excluding hydrogens is 254 g/mol. The quantitative estimate of drug-likeness (QED) is 0.827. The number of hydrogen-bond acceptors (Lipinski definition) is 5. The first kappa shape index (κ1) is 13.3. The van der Waals surface area contributed by atoms with E-state index < -0.39 is 0 Å². The van der Waals surface area contributed by atoms with Crippen molar-refractivity contribution < 1.29 is 4.79 Å². The Balaban J connectivity index is 1.40. The van der Waals surface area contributed by atoms with Crippen molar-refractivity contribution in [1.82, 2.24) is 20.2 Å². The Hall–Kier alpha value is -1.69. The molecule has 0 aromatic carbocycles. The lowest BCUT2D eigenvalue weighted by atomic mass is 10.3. The monoisotopic (exact) mass is 275 g/mol. The fourth-order valence-electron chi connectivity index (χ4n) is 2.40. The standard InChI is InChI=1S/C14H21N5O/c20-13(17-10-12-2-3-12)11-18-6-8-19(9-7-18)14-15-4-1-5-16-14/h1,4-5,12H,2-3,6-11H2,(H,17,20). The number of aromatic nitrogens is 2. The van der Waals surface area contributed by atoms with Gasteiger partial charge < -0.3 is 10.2 Å². The van der Waals surface area contributed by atoms with Crippen LogP contribution in [0.15, 0.2) is 18.5 Å². The lowest BCUT2D eigenvalue weighted by Crippen LogP contribution is -2.50. The van der Waals surface area contributed by atoms with Crippen LogP contribution >= 0.6 is 0 Å². The molecule has 2 heterocycles. The minimum absolute atomic E-state index is 0.154. The molecule has 1 saturated carbocycles. The van der Waals surface area contributed by atoms with Crippen molar-refractivity contribution in [3.8, 4) is 0 Å². The van der Waals surface area contributed by atoms with E-state index in [9.17, 15) is 4.79 Å². The fraction of sp³-hybridized carbons (Fsp3) is 0.643. The maximum Gasteiger partial charge on any atom is 0.234 e. The number of anilines is 1. The molecule has 3 rings (SSSR count). The highest BCUT2D eigenvalue weighted by molar-refractivity contribution is 5.78. The first-order chi connectivity index (χ1) is 9.81. The predicted octanol–water partition coefficient (Wildman–Crippen LogP) is 0.125. The SMILES string of the molecule is O=C(CN1CCN(c2ncccn2)CC1)NCC1CC1. The molecule has 0 spiro atoms. The van der Waals surface area contributed by atoms with Gasteiger partial charge in [-0.15, -0.1) is 0 Å². The van der Waals surface area contributed by atoms with E-state index in [4.69, 9.17) is 0 Å². The summed E-state index contributed by atoms with van der Waals surface area (Å²) in [5, 5.41) is 3.02. The van der Waals surface area contributed by atoms with Crippen molar-refractivity contribution >= 4 is 11.9 Å². The Kier molecular flexibility index (Phi) is 4.11. The third-order valence-corrected chi connectivity index (χ3v) is 3.86. The number of carbonyl (C=O) groups is 1. The summed E-state index contributed by atoms with van der Waals surface area (Å²) >= 11 is 0. The minimum Gasteiger partial charge on any atom is -0.355 e. The Morgan fingerprint density at radius 1 is 1.20 bits per heavy atom. The fourth-order valence-corrected chi connectivity index (χ4v) is 2.40. The van der Waals surface area contributed by atoms with E-state index >= 15 is 0 Å². The summed E-state index contributed by atoms with van der Waals surface area (Å²) < 4.78 is 0. The van der Waals surface area contributed by atoms with Crippen LogP contribution in [-0.4, -0.2) is 60.0 Å². The molecule has 108 valence electrons. The van der Waals surface area contributed by atoms with E-state index in [1.54, 1.807) is 12.4 Å². The zero-order valence-electron chi connectivity index (χ0n) is 11.7. The molecule has 0 atom stereocenters. The molecule has 6 heteroatoms. The van der Waals surface area contributed by atoms with Gasteiger partial charge in [0, 0.05) is 45.1 Å². The second kappa shape index (κ2) is 6.17. The lowest BCUT2D eigenvalue weighted by Gasteiger charge is -2.34. The molecular formula is C14H21N5O. The third kappa shape index (κ3) is 3.66. The first-order valence-corrected chi connectivity index (χ1v) is 7.32. The molecule has 1 N–H and O–H groups in total. The highest BCUT2D eigenvalue weighted by atomic mass is 16.2. The van der Waals surface area contributed by atoms with Crippen molar-refractivity contribution in [2.24, 2.45) is 5.92 Å². The van der Waals surface area contributed by atoms with Gasteiger partial charge in [0.1, 0.15) is 0 Å². The molecule has 1 aliphatic heterocycles. The number of rotatable bonds is 5. The van der Waals surface area contributed by atoms with Gasteiger partial charge in [0.25, 0.3) is 0 Å². The smallest absolute Gasteiger partial charge is 0.234 e. The zero-order valence-corrected chi connectivity index (χ0v) is 11.7. The number of nitrogens with zero attached hydrogens (tertiary/aromatic N) is 4. The van der Waals surface area contributed by atoms with E-state index in [0.717, 1.165) is 44.6 Å². The van der Waals surface area contributed by atoms with E-state index in [2.05, 4.69) is 25.1 Å². The number of carbonyl (C=O) groups excluding carboxylic acids is 1. The molecule has 2 fully saturated rings. The number of piperazine rings is 1. The second-order valence-corrected chi connectivity index (χ2v) is 5.56. The van der Waals surface area contributed by atoms with Crippen molar-refractivity contribution in [2.75, 3.05) is 44.2 Å². The van der Waals surface area contributed by atoms with Crippen LogP contribution in [0.2, 0.25) is 0 Å². The molecule has 1 aromatic rings. The summed E-state index contributed by atoms with van der Waals surface area (Å²) in [6.07, 6.45) is 6.08. The summed E-state index contributed by atoms with van der Waals surface area (Å²) in [6.45, 7) is 4.89. The maximum absolute atomic E-state index is 11.8. The second-order valence-electron chi connectivity index (χ2n) is 5.56. The van der Waals surface area contributed by atoms with Crippen molar-refractivity contribution in [3.63, 3.8) is 0 Å².